The second-order valence-electron chi connectivity index (χ2n) is 4.74. The largest absolute Gasteiger partial charge is 0.492 e. The Morgan fingerprint density at radius 1 is 1.20 bits per heavy atom. The molecular weight excluding hydrogens is 256 g/mol. The molecule has 2 rings (SSSR count). The van der Waals surface area contributed by atoms with Crippen molar-refractivity contribution in [1.82, 2.24) is 0 Å². The molecule has 0 aromatic heterocycles. The van der Waals surface area contributed by atoms with E-state index in [9.17, 15) is 4.79 Å². The zero-order chi connectivity index (χ0) is 14.7. The van der Waals surface area contributed by atoms with Gasteiger partial charge < -0.3 is 14.2 Å². The number of methoxy groups -OCH3 is 1. The van der Waals surface area contributed by atoms with Crippen molar-refractivity contribution in [2.75, 3.05) is 7.11 Å². The molecular formula is C16H18O4. The third-order valence-corrected chi connectivity index (χ3v) is 2.86. The summed E-state index contributed by atoms with van der Waals surface area (Å²) >= 11 is 0. The van der Waals surface area contributed by atoms with Gasteiger partial charge in [0.25, 0.3) is 0 Å². The molecule has 20 heavy (non-hydrogen) atoms. The maximum Gasteiger partial charge on any atom is 0.379 e. The fraction of sp³-hybridized carbons (Fsp3) is 0.312. The number of carbonyl (C=O) groups excluding carboxylic acids is 1. The first-order chi connectivity index (χ1) is 9.54. The summed E-state index contributed by atoms with van der Waals surface area (Å²) in [6.07, 6.45) is -0.0884. The molecule has 0 spiro atoms. The highest BCUT2D eigenvalue weighted by Gasteiger charge is 2.32. The van der Waals surface area contributed by atoms with Crippen LogP contribution in [0.25, 0.3) is 5.76 Å². The van der Waals surface area contributed by atoms with E-state index in [2.05, 4.69) is 0 Å². The van der Waals surface area contributed by atoms with E-state index in [1.54, 1.807) is 14.0 Å². The quantitative estimate of drug-likeness (QED) is 0.624. The summed E-state index contributed by atoms with van der Waals surface area (Å²) in [7, 11) is 1.55. The van der Waals surface area contributed by atoms with Crippen LogP contribution in [0.4, 0.5) is 0 Å². The van der Waals surface area contributed by atoms with E-state index in [1.807, 2.05) is 44.2 Å². The van der Waals surface area contributed by atoms with Gasteiger partial charge in [0.1, 0.15) is 0 Å². The third-order valence-electron chi connectivity index (χ3n) is 2.86. The first kappa shape index (κ1) is 14.2. The first-order valence-electron chi connectivity index (χ1n) is 6.48. The van der Waals surface area contributed by atoms with Gasteiger partial charge in [0, 0.05) is 11.1 Å². The van der Waals surface area contributed by atoms with Crippen molar-refractivity contribution in [3.8, 4) is 0 Å². The summed E-state index contributed by atoms with van der Waals surface area (Å²) in [6.45, 7) is 5.52. The summed E-state index contributed by atoms with van der Waals surface area (Å²) < 4.78 is 16.2. The minimum Gasteiger partial charge on any atom is -0.492 e. The molecule has 0 bridgehead atoms. The van der Waals surface area contributed by atoms with E-state index in [-0.39, 0.29) is 11.9 Å². The average Bonchev–Trinajstić information content (AvgIpc) is 2.69. The van der Waals surface area contributed by atoms with E-state index in [0.29, 0.717) is 17.1 Å². The van der Waals surface area contributed by atoms with Crippen molar-refractivity contribution in [2.24, 2.45) is 0 Å². The van der Waals surface area contributed by atoms with Crippen molar-refractivity contribution in [1.29, 1.82) is 0 Å². The molecule has 1 aliphatic rings. The lowest BCUT2D eigenvalue weighted by Gasteiger charge is -2.10. The van der Waals surface area contributed by atoms with Crippen molar-refractivity contribution in [3.63, 3.8) is 0 Å². The Hall–Kier alpha value is -2.23. The Balaban J connectivity index is 2.48. The van der Waals surface area contributed by atoms with E-state index in [4.69, 9.17) is 14.2 Å². The van der Waals surface area contributed by atoms with E-state index in [1.165, 1.54) is 0 Å². The predicted octanol–water partition coefficient (Wildman–Crippen LogP) is 3.26. The lowest BCUT2D eigenvalue weighted by Crippen LogP contribution is -2.08. The SMILES string of the molecule is CO/C(=C1\OC(=O)C(OC(C)C)=C1C)c1ccccc1. The number of cyclic esters (lactones) is 1. The van der Waals surface area contributed by atoms with Gasteiger partial charge in [-0.25, -0.2) is 4.79 Å². The monoisotopic (exact) mass is 274 g/mol. The molecule has 0 aliphatic carbocycles. The van der Waals surface area contributed by atoms with Gasteiger partial charge in [-0.05, 0) is 20.8 Å². The molecule has 0 atom stereocenters. The Morgan fingerprint density at radius 3 is 2.40 bits per heavy atom. The standard InChI is InChI=1S/C16H18O4/c1-10(2)19-14-11(3)13(20-16(14)17)15(18-4)12-8-6-5-7-9-12/h5-10H,1-4H3/b15-13-. The molecule has 0 N–H and O–H groups in total. The zero-order valence-corrected chi connectivity index (χ0v) is 12.1. The molecule has 1 heterocycles. The van der Waals surface area contributed by atoms with Crippen LogP contribution in [0.1, 0.15) is 26.3 Å². The zero-order valence-electron chi connectivity index (χ0n) is 12.1. The van der Waals surface area contributed by atoms with E-state index in [0.717, 1.165) is 5.56 Å². The summed E-state index contributed by atoms with van der Waals surface area (Å²) in [5.41, 5.74) is 1.51. The second kappa shape index (κ2) is 5.82. The molecule has 0 radical (unpaired) electrons. The number of ether oxygens (including phenoxy) is 3. The Labute approximate surface area is 118 Å². The van der Waals surface area contributed by atoms with Crippen LogP contribution in [0.2, 0.25) is 0 Å². The van der Waals surface area contributed by atoms with E-state index >= 15 is 0 Å². The topological polar surface area (TPSA) is 44.8 Å². The molecule has 0 amide bonds. The minimum absolute atomic E-state index is 0.0884. The highest BCUT2D eigenvalue weighted by molar-refractivity contribution is 5.94. The molecule has 106 valence electrons. The first-order valence-corrected chi connectivity index (χ1v) is 6.48. The number of hydrogen-bond donors (Lipinski definition) is 0. The molecule has 0 unspecified atom stereocenters. The second-order valence-corrected chi connectivity index (χ2v) is 4.74. The number of carbonyl (C=O) groups is 1. The lowest BCUT2D eigenvalue weighted by molar-refractivity contribution is -0.137. The Bertz CT molecular complexity index is 567. The lowest BCUT2D eigenvalue weighted by atomic mass is 10.1. The van der Waals surface area contributed by atoms with Crippen LogP contribution in [0.15, 0.2) is 47.4 Å². The average molecular weight is 274 g/mol. The number of hydrogen-bond acceptors (Lipinski definition) is 4. The number of benzene rings is 1. The molecule has 0 saturated carbocycles. The van der Waals surface area contributed by atoms with Crippen molar-refractivity contribution in [2.45, 2.75) is 26.9 Å². The molecule has 4 heteroatoms. The van der Waals surface area contributed by atoms with Crippen molar-refractivity contribution in [3.05, 3.63) is 53.0 Å². The van der Waals surface area contributed by atoms with Gasteiger partial charge in [-0.15, -0.1) is 0 Å². The fourth-order valence-electron chi connectivity index (χ4n) is 1.99. The van der Waals surface area contributed by atoms with Crippen LogP contribution in [0.3, 0.4) is 0 Å². The Kier molecular flexibility index (Phi) is 4.13. The summed E-state index contributed by atoms with van der Waals surface area (Å²) in [5.74, 6) is 0.718. The molecule has 1 aromatic carbocycles. The number of esters is 1. The van der Waals surface area contributed by atoms with Gasteiger partial charge in [0.15, 0.2) is 11.5 Å². The highest BCUT2D eigenvalue weighted by atomic mass is 16.6. The maximum atomic E-state index is 11.9. The van der Waals surface area contributed by atoms with Crippen LogP contribution < -0.4 is 0 Å². The van der Waals surface area contributed by atoms with Crippen LogP contribution in [0.5, 0.6) is 0 Å². The summed E-state index contributed by atoms with van der Waals surface area (Å²) in [5, 5.41) is 0. The number of allylic oxidation sites excluding steroid dienone is 1. The Morgan fingerprint density at radius 2 is 1.85 bits per heavy atom. The van der Waals surface area contributed by atoms with Gasteiger partial charge in [0.2, 0.25) is 5.76 Å². The predicted molar refractivity (Wildman–Crippen MR) is 75.4 cm³/mol. The van der Waals surface area contributed by atoms with Gasteiger partial charge in [-0.2, -0.15) is 0 Å². The van der Waals surface area contributed by atoms with Gasteiger partial charge >= 0.3 is 5.97 Å². The third kappa shape index (κ3) is 2.69. The maximum absolute atomic E-state index is 11.9. The van der Waals surface area contributed by atoms with Crippen LogP contribution in [-0.2, 0) is 19.0 Å². The smallest absolute Gasteiger partial charge is 0.379 e. The molecule has 1 aromatic rings. The normalized spacial score (nSPS) is 17.4. The summed E-state index contributed by atoms with van der Waals surface area (Å²) in [4.78, 5) is 11.9. The van der Waals surface area contributed by atoms with Crippen LogP contribution in [-0.4, -0.2) is 19.2 Å². The van der Waals surface area contributed by atoms with Gasteiger partial charge in [-0.3, -0.25) is 0 Å². The van der Waals surface area contributed by atoms with Crippen LogP contribution >= 0.6 is 0 Å². The molecule has 1 aliphatic heterocycles. The minimum atomic E-state index is -0.475. The molecule has 0 fully saturated rings. The molecule has 4 nitrogen and oxygen atoms in total. The van der Waals surface area contributed by atoms with Gasteiger partial charge in [-0.1, -0.05) is 30.3 Å². The van der Waals surface area contributed by atoms with Crippen molar-refractivity contribution < 1.29 is 19.0 Å². The molecule has 0 saturated heterocycles. The van der Waals surface area contributed by atoms with Crippen molar-refractivity contribution >= 4 is 11.7 Å². The van der Waals surface area contributed by atoms with Gasteiger partial charge in [0.05, 0.1) is 13.2 Å². The fourth-order valence-corrected chi connectivity index (χ4v) is 1.99. The summed E-state index contributed by atoms with van der Waals surface area (Å²) in [6, 6.07) is 9.51. The number of rotatable bonds is 4. The van der Waals surface area contributed by atoms with E-state index < -0.39 is 5.97 Å². The highest BCUT2D eigenvalue weighted by Crippen LogP contribution is 2.33. The van der Waals surface area contributed by atoms with Crippen LogP contribution in [0, 0.1) is 0 Å².